The summed E-state index contributed by atoms with van der Waals surface area (Å²) in [5.41, 5.74) is 1.03. The van der Waals surface area contributed by atoms with Gasteiger partial charge in [0.25, 0.3) is 0 Å². The third kappa shape index (κ3) is 4.02. The maximum Gasteiger partial charge on any atom is 0.407 e. The third-order valence-electron chi connectivity index (χ3n) is 3.16. The van der Waals surface area contributed by atoms with Crippen molar-refractivity contribution in [1.29, 1.82) is 0 Å². The fourth-order valence-corrected chi connectivity index (χ4v) is 2.10. The summed E-state index contributed by atoms with van der Waals surface area (Å²) < 4.78 is 18.2. The molecule has 1 amide bonds. The normalized spacial score (nSPS) is 23.4. The van der Waals surface area contributed by atoms with Crippen LogP contribution in [0.5, 0.6) is 0 Å². The van der Waals surface area contributed by atoms with Gasteiger partial charge in [0.2, 0.25) is 0 Å². The Bertz CT molecular complexity index is 375. The van der Waals surface area contributed by atoms with Gasteiger partial charge in [0.1, 0.15) is 12.3 Å². The van der Waals surface area contributed by atoms with Crippen molar-refractivity contribution < 1.29 is 13.9 Å². The number of benzene rings is 1. The molecule has 0 bridgehead atoms. The zero-order valence-electron chi connectivity index (χ0n) is 10.3. The number of rotatable bonds is 3. The number of hydrogen-bond acceptors (Lipinski definition) is 2. The Morgan fingerprint density at radius 3 is 2.56 bits per heavy atom. The predicted molar refractivity (Wildman–Crippen MR) is 66.9 cm³/mol. The van der Waals surface area contributed by atoms with Crippen molar-refractivity contribution in [1.82, 2.24) is 5.32 Å². The van der Waals surface area contributed by atoms with E-state index < -0.39 is 12.3 Å². The third-order valence-corrected chi connectivity index (χ3v) is 3.16. The lowest BCUT2D eigenvalue weighted by atomic mass is 9.96. The summed E-state index contributed by atoms with van der Waals surface area (Å²) in [7, 11) is 0. The molecule has 0 spiro atoms. The number of nitrogens with one attached hydrogen (secondary N) is 1. The van der Waals surface area contributed by atoms with Crippen LogP contribution in [-0.2, 0) is 11.3 Å². The van der Waals surface area contributed by atoms with Gasteiger partial charge in [-0.25, -0.2) is 9.18 Å². The van der Waals surface area contributed by atoms with E-state index in [0.717, 1.165) is 5.56 Å². The second-order valence-electron chi connectivity index (χ2n) is 4.62. The van der Waals surface area contributed by atoms with Crippen molar-refractivity contribution in [2.45, 2.75) is 44.5 Å². The SMILES string of the molecule is O=C(NCc1ccccc1)OC1CCC(F)CC1. The van der Waals surface area contributed by atoms with Crippen LogP contribution in [0.4, 0.5) is 9.18 Å². The summed E-state index contributed by atoms with van der Waals surface area (Å²) in [6, 6.07) is 9.65. The fourth-order valence-electron chi connectivity index (χ4n) is 2.10. The molecule has 1 fully saturated rings. The van der Waals surface area contributed by atoms with Crippen LogP contribution in [0.25, 0.3) is 0 Å². The molecule has 1 aromatic rings. The molecule has 3 nitrogen and oxygen atoms in total. The highest BCUT2D eigenvalue weighted by atomic mass is 19.1. The van der Waals surface area contributed by atoms with Gasteiger partial charge in [0, 0.05) is 6.54 Å². The van der Waals surface area contributed by atoms with E-state index in [1.54, 1.807) is 0 Å². The van der Waals surface area contributed by atoms with Gasteiger partial charge >= 0.3 is 6.09 Å². The second-order valence-corrected chi connectivity index (χ2v) is 4.62. The summed E-state index contributed by atoms with van der Waals surface area (Å²) >= 11 is 0. The Hall–Kier alpha value is -1.58. The lowest BCUT2D eigenvalue weighted by molar-refractivity contribution is 0.0571. The van der Waals surface area contributed by atoms with E-state index in [0.29, 0.717) is 32.2 Å². The molecule has 0 aliphatic heterocycles. The standard InChI is InChI=1S/C14H18FNO2/c15-12-6-8-13(9-7-12)18-14(17)16-10-11-4-2-1-3-5-11/h1-5,12-13H,6-10H2,(H,16,17). The summed E-state index contributed by atoms with van der Waals surface area (Å²) in [4.78, 5) is 11.5. The van der Waals surface area contributed by atoms with Gasteiger partial charge in [-0.05, 0) is 31.2 Å². The molecule has 4 heteroatoms. The molecular formula is C14H18FNO2. The molecule has 1 aromatic carbocycles. The largest absolute Gasteiger partial charge is 0.446 e. The Balaban J connectivity index is 1.69. The average Bonchev–Trinajstić information content (AvgIpc) is 2.40. The van der Waals surface area contributed by atoms with Crippen LogP contribution in [0.1, 0.15) is 31.2 Å². The zero-order chi connectivity index (χ0) is 12.8. The minimum atomic E-state index is -0.725. The molecule has 98 valence electrons. The van der Waals surface area contributed by atoms with E-state index in [-0.39, 0.29) is 6.10 Å². The van der Waals surface area contributed by atoms with E-state index >= 15 is 0 Å². The number of alkyl carbamates (subject to hydrolysis) is 1. The minimum absolute atomic E-state index is 0.132. The average molecular weight is 251 g/mol. The zero-order valence-corrected chi connectivity index (χ0v) is 10.3. The molecule has 0 saturated heterocycles. The number of ether oxygens (including phenoxy) is 1. The number of alkyl halides is 1. The van der Waals surface area contributed by atoms with Crippen LogP contribution in [0.3, 0.4) is 0 Å². The van der Waals surface area contributed by atoms with E-state index in [1.807, 2.05) is 30.3 Å². The number of hydrogen-bond donors (Lipinski definition) is 1. The Morgan fingerprint density at radius 1 is 1.22 bits per heavy atom. The molecule has 1 saturated carbocycles. The summed E-state index contributed by atoms with van der Waals surface area (Å²) in [6.45, 7) is 0.456. The maximum absolute atomic E-state index is 12.9. The van der Waals surface area contributed by atoms with Gasteiger partial charge in [-0.3, -0.25) is 0 Å². The number of carbonyl (C=O) groups is 1. The molecule has 1 aliphatic rings. The molecule has 1 N–H and O–H groups in total. The lowest BCUT2D eigenvalue weighted by Gasteiger charge is -2.24. The van der Waals surface area contributed by atoms with E-state index in [1.165, 1.54) is 0 Å². The van der Waals surface area contributed by atoms with Gasteiger partial charge in [-0.2, -0.15) is 0 Å². The first-order valence-electron chi connectivity index (χ1n) is 6.36. The van der Waals surface area contributed by atoms with E-state index in [9.17, 15) is 9.18 Å². The van der Waals surface area contributed by atoms with Crippen LogP contribution in [0.15, 0.2) is 30.3 Å². The highest BCUT2D eigenvalue weighted by Crippen LogP contribution is 2.23. The quantitative estimate of drug-likeness (QED) is 0.896. The summed E-state index contributed by atoms with van der Waals surface area (Å²) in [5, 5.41) is 2.70. The first-order chi connectivity index (χ1) is 8.74. The number of halogens is 1. The molecule has 0 aromatic heterocycles. The molecule has 2 rings (SSSR count). The molecule has 0 unspecified atom stereocenters. The highest BCUT2D eigenvalue weighted by molar-refractivity contribution is 5.67. The minimum Gasteiger partial charge on any atom is -0.446 e. The predicted octanol–water partition coefficient (Wildman–Crippen LogP) is 3.19. The van der Waals surface area contributed by atoms with Crippen molar-refractivity contribution in [2.75, 3.05) is 0 Å². The highest BCUT2D eigenvalue weighted by Gasteiger charge is 2.23. The van der Waals surface area contributed by atoms with Crippen LogP contribution in [0.2, 0.25) is 0 Å². The first kappa shape index (κ1) is 12.9. The Morgan fingerprint density at radius 2 is 1.89 bits per heavy atom. The number of carbonyl (C=O) groups excluding carboxylic acids is 1. The van der Waals surface area contributed by atoms with Crippen LogP contribution < -0.4 is 5.32 Å². The Kier molecular flexibility index (Phi) is 4.56. The van der Waals surface area contributed by atoms with Crippen molar-refractivity contribution >= 4 is 6.09 Å². The van der Waals surface area contributed by atoms with E-state index in [2.05, 4.69) is 5.32 Å². The van der Waals surface area contributed by atoms with Gasteiger partial charge in [0.05, 0.1) is 0 Å². The van der Waals surface area contributed by atoms with Crippen molar-refractivity contribution in [3.05, 3.63) is 35.9 Å². The topological polar surface area (TPSA) is 38.3 Å². The summed E-state index contributed by atoms with van der Waals surface area (Å²) in [5.74, 6) is 0. The van der Waals surface area contributed by atoms with Gasteiger partial charge < -0.3 is 10.1 Å². The maximum atomic E-state index is 12.9. The van der Waals surface area contributed by atoms with Crippen molar-refractivity contribution in [3.8, 4) is 0 Å². The Labute approximate surface area is 106 Å². The van der Waals surface area contributed by atoms with Crippen molar-refractivity contribution in [3.63, 3.8) is 0 Å². The summed E-state index contributed by atoms with van der Waals surface area (Å²) in [6.07, 6.45) is 0.971. The van der Waals surface area contributed by atoms with E-state index in [4.69, 9.17) is 4.74 Å². The molecular weight excluding hydrogens is 233 g/mol. The number of amides is 1. The van der Waals surface area contributed by atoms with Crippen LogP contribution in [0, 0.1) is 0 Å². The first-order valence-corrected chi connectivity index (χ1v) is 6.36. The van der Waals surface area contributed by atoms with Crippen molar-refractivity contribution in [2.24, 2.45) is 0 Å². The molecule has 18 heavy (non-hydrogen) atoms. The van der Waals surface area contributed by atoms with Gasteiger partial charge in [-0.15, -0.1) is 0 Å². The van der Waals surface area contributed by atoms with Gasteiger partial charge in [0.15, 0.2) is 0 Å². The monoisotopic (exact) mass is 251 g/mol. The van der Waals surface area contributed by atoms with Crippen LogP contribution >= 0.6 is 0 Å². The lowest BCUT2D eigenvalue weighted by Crippen LogP contribution is -2.31. The molecule has 0 atom stereocenters. The van der Waals surface area contributed by atoms with Crippen LogP contribution in [-0.4, -0.2) is 18.4 Å². The smallest absolute Gasteiger partial charge is 0.407 e. The molecule has 0 radical (unpaired) electrons. The second kappa shape index (κ2) is 6.38. The molecule has 0 heterocycles. The molecule has 1 aliphatic carbocycles. The fraction of sp³-hybridized carbons (Fsp3) is 0.500. The van der Waals surface area contributed by atoms with Gasteiger partial charge in [-0.1, -0.05) is 30.3 Å².